The third-order valence-corrected chi connectivity index (χ3v) is 2.09. The van der Waals surface area contributed by atoms with Crippen molar-refractivity contribution in [2.75, 3.05) is 6.54 Å². The van der Waals surface area contributed by atoms with Crippen LogP contribution in [-0.2, 0) is 0 Å². The zero-order valence-electron chi connectivity index (χ0n) is 6.45. The Hall–Kier alpha value is -0.591. The first-order valence-corrected chi connectivity index (χ1v) is 4.47. The monoisotopic (exact) mass is 212 g/mol. The molecule has 1 aromatic rings. The number of benzene rings is 1. The summed E-state index contributed by atoms with van der Waals surface area (Å²) in [6.07, 6.45) is 0. The first-order valence-electron chi connectivity index (χ1n) is 3.61. The van der Waals surface area contributed by atoms with E-state index in [2.05, 4.69) is 21.0 Å². The minimum atomic E-state index is 0.831. The molecule has 0 saturated carbocycles. The number of hydrogen-bond donors (Lipinski definition) is 0. The summed E-state index contributed by atoms with van der Waals surface area (Å²) in [5, 5.41) is 0. The van der Waals surface area contributed by atoms with E-state index in [1.165, 1.54) is 0 Å². The Morgan fingerprint density at radius 2 is 2.00 bits per heavy atom. The second-order valence-corrected chi connectivity index (χ2v) is 2.96. The summed E-state index contributed by atoms with van der Waals surface area (Å²) in [5.74, 6) is 0. The molecule has 1 nitrogen and oxygen atoms in total. The average molecular weight is 211 g/mol. The van der Waals surface area contributed by atoms with Gasteiger partial charge in [0.1, 0.15) is 0 Å². The van der Waals surface area contributed by atoms with Gasteiger partial charge in [-0.3, -0.25) is 0 Å². The van der Waals surface area contributed by atoms with Gasteiger partial charge >= 0.3 is 75.0 Å². The van der Waals surface area contributed by atoms with E-state index in [1.54, 1.807) is 0 Å². The van der Waals surface area contributed by atoms with E-state index in [4.69, 9.17) is 0 Å². The van der Waals surface area contributed by atoms with Crippen molar-refractivity contribution >= 4 is 20.6 Å². The van der Waals surface area contributed by atoms with Crippen LogP contribution in [0.15, 0.2) is 35.3 Å². The molecule has 0 bridgehead atoms. The van der Waals surface area contributed by atoms with E-state index in [0.29, 0.717) is 0 Å². The Morgan fingerprint density at radius 1 is 1.36 bits per heavy atom. The topological polar surface area (TPSA) is 12.4 Å². The average Bonchev–Trinajstić information content (AvgIpc) is 2.07. The molecule has 1 rings (SSSR count). The molecule has 0 aliphatic rings. The summed E-state index contributed by atoms with van der Waals surface area (Å²) >= 11 is 2.94. The van der Waals surface area contributed by atoms with Gasteiger partial charge in [0, 0.05) is 0 Å². The van der Waals surface area contributed by atoms with Gasteiger partial charge in [-0.05, 0) is 0 Å². The van der Waals surface area contributed by atoms with Crippen LogP contribution >= 0.6 is 0 Å². The van der Waals surface area contributed by atoms with Crippen LogP contribution in [0.1, 0.15) is 12.5 Å². The van der Waals surface area contributed by atoms with Gasteiger partial charge in [-0.2, -0.15) is 0 Å². The van der Waals surface area contributed by atoms with E-state index in [0.717, 1.165) is 16.7 Å². The van der Waals surface area contributed by atoms with Crippen molar-refractivity contribution in [3.8, 4) is 0 Å². The second-order valence-electron chi connectivity index (χ2n) is 2.15. The zero-order chi connectivity index (χ0) is 8.10. The fourth-order valence-electron chi connectivity index (χ4n) is 0.816. The molecule has 1 radical (unpaired) electrons. The van der Waals surface area contributed by atoms with Crippen LogP contribution in [0.5, 0.6) is 0 Å². The van der Waals surface area contributed by atoms with Gasteiger partial charge < -0.3 is 0 Å². The van der Waals surface area contributed by atoms with Gasteiger partial charge in [0.2, 0.25) is 0 Å². The standard InChI is InChI=1S/C9H10NSe/c1-2-10-9(11)8-6-4-3-5-7-8/h3-7H,2H2,1H3. The van der Waals surface area contributed by atoms with E-state index >= 15 is 0 Å². The summed E-state index contributed by atoms with van der Waals surface area (Å²) in [4.78, 5) is 4.26. The summed E-state index contributed by atoms with van der Waals surface area (Å²) in [7, 11) is 0. The Kier molecular flexibility index (Phi) is 3.34. The van der Waals surface area contributed by atoms with Gasteiger partial charge in [0.05, 0.1) is 0 Å². The summed E-state index contributed by atoms with van der Waals surface area (Å²) in [6.45, 7) is 2.86. The van der Waals surface area contributed by atoms with Gasteiger partial charge in [-0.25, -0.2) is 0 Å². The summed E-state index contributed by atoms with van der Waals surface area (Å²) in [5.41, 5.74) is 1.16. The molecular weight excluding hydrogens is 201 g/mol. The van der Waals surface area contributed by atoms with Gasteiger partial charge in [-0.1, -0.05) is 0 Å². The molecule has 0 spiro atoms. The SMILES string of the molecule is CCN=C([Se])c1ccccc1. The molecule has 0 aliphatic heterocycles. The van der Waals surface area contributed by atoms with Gasteiger partial charge in [0.25, 0.3) is 0 Å². The predicted octanol–water partition coefficient (Wildman–Crippen LogP) is 1.62. The van der Waals surface area contributed by atoms with E-state index in [1.807, 2.05) is 37.3 Å². The molecule has 0 saturated heterocycles. The third kappa shape index (κ3) is 2.49. The summed E-state index contributed by atoms with van der Waals surface area (Å²) in [6, 6.07) is 10.1. The quantitative estimate of drug-likeness (QED) is 0.520. The number of hydrogen-bond acceptors (Lipinski definition) is 1. The molecule has 0 amide bonds. The summed E-state index contributed by atoms with van der Waals surface area (Å²) < 4.78 is 0.994. The minimum absolute atomic E-state index is 0.831. The van der Waals surface area contributed by atoms with E-state index < -0.39 is 0 Å². The molecule has 11 heavy (non-hydrogen) atoms. The fraction of sp³-hybridized carbons (Fsp3) is 0.222. The zero-order valence-corrected chi connectivity index (χ0v) is 8.16. The normalized spacial score (nSPS) is 11.5. The Balaban J connectivity index is 2.85. The molecule has 2 heteroatoms. The van der Waals surface area contributed by atoms with Crippen LogP contribution in [-0.4, -0.2) is 27.2 Å². The van der Waals surface area contributed by atoms with Crippen molar-refractivity contribution in [2.45, 2.75) is 6.92 Å². The molecule has 0 unspecified atom stereocenters. The van der Waals surface area contributed by atoms with E-state index in [-0.39, 0.29) is 0 Å². The molecule has 1 aromatic carbocycles. The van der Waals surface area contributed by atoms with Crippen LogP contribution in [0, 0.1) is 0 Å². The second kappa shape index (κ2) is 4.32. The molecule has 0 fully saturated rings. The van der Waals surface area contributed by atoms with E-state index in [9.17, 15) is 0 Å². The van der Waals surface area contributed by atoms with Gasteiger partial charge in [0.15, 0.2) is 0 Å². The van der Waals surface area contributed by atoms with Crippen molar-refractivity contribution in [3.63, 3.8) is 0 Å². The maximum atomic E-state index is 4.26. The van der Waals surface area contributed by atoms with Crippen molar-refractivity contribution in [1.82, 2.24) is 0 Å². The molecular formula is C9H10NSe. The third-order valence-electron chi connectivity index (χ3n) is 1.32. The molecule has 0 heterocycles. The first-order chi connectivity index (χ1) is 5.34. The van der Waals surface area contributed by atoms with Crippen LogP contribution in [0.3, 0.4) is 0 Å². The molecule has 0 aromatic heterocycles. The predicted molar refractivity (Wildman–Crippen MR) is 49.3 cm³/mol. The Bertz CT molecular complexity index is 241. The number of aliphatic imine (C=N–C) groups is 1. The van der Waals surface area contributed by atoms with Crippen molar-refractivity contribution in [2.24, 2.45) is 4.99 Å². The van der Waals surface area contributed by atoms with Crippen molar-refractivity contribution in [1.29, 1.82) is 0 Å². The maximum absolute atomic E-state index is 4.26. The molecule has 0 atom stereocenters. The van der Waals surface area contributed by atoms with Crippen molar-refractivity contribution < 1.29 is 0 Å². The molecule has 57 valence electrons. The van der Waals surface area contributed by atoms with Crippen molar-refractivity contribution in [3.05, 3.63) is 35.9 Å². The molecule has 0 N–H and O–H groups in total. The number of nitrogens with zero attached hydrogens (tertiary/aromatic N) is 1. The van der Waals surface area contributed by atoms with Crippen LogP contribution < -0.4 is 0 Å². The molecule has 0 aliphatic carbocycles. The van der Waals surface area contributed by atoms with Crippen LogP contribution in [0.25, 0.3) is 0 Å². The number of rotatable bonds is 2. The first kappa shape index (κ1) is 8.51. The van der Waals surface area contributed by atoms with Crippen LogP contribution in [0.4, 0.5) is 0 Å². The van der Waals surface area contributed by atoms with Gasteiger partial charge in [-0.15, -0.1) is 0 Å². The Labute approximate surface area is 75.4 Å². The van der Waals surface area contributed by atoms with Crippen LogP contribution in [0.2, 0.25) is 0 Å². The Morgan fingerprint density at radius 3 is 2.55 bits per heavy atom. The fourth-order valence-corrected chi connectivity index (χ4v) is 1.37.